The van der Waals surface area contributed by atoms with Crippen LogP contribution in [0.5, 0.6) is 0 Å². The third-order valence-electron chi connectivity index (χ3n) is 1.19. The van der Waals surface area contributed by atoms with Crippen LogP contribution in [0.2, 0.25) is 0 Å². The first-order valence-corrected chi connectivity index (χ1v) is 4.08. The number of carboxylic acids is 1. The Morgan fingerprint density at radius 3 is 2.50 bits per heavy atom. The number of carbonyl (C=O) groups excluding carboxylic acids is 1. The lowest BCUT2D eigenvalue weighted by Crippen LogP contribution is -2.42. The van der Waals surface area contributed by atoms with E-state index < -0.39 is 12.0 Å². The highest BCUT2D eigenvalue weighted by atomic mass is 32.1. The summed E-state index contributed by atoms with van der Waals surface area (Å²) < 4.78 is 0. The lowest BCUT2D eigenvalue weighted by molar-refractivity contribution is -0.141. The van der Waals surface area contributed by atoms with Gasteiger partial charge in [0.25, 0.3) is 0 Å². The van der Waals surface area contributed by atoms with Gasteiger partial charge >= 0.3 is 5.97 Å². The average Bonchev–Trinajstić information content (AvgIpc) is 2.00. The number of rotatable bonds is 5. The zero-order valence-electron chi connectivity index (χ0n) is 6.49. The Hall–Kier alpha value is -0.750. The van der Waals surface area contributed by atoms with Crippen LogP contribution in [0.1, 0.15) is 6.42 Å². The van der Waals surface area contributed by atoms with Crippen LogP contribution < -0.4 is 11.1 Å². The van der Waals surface area contributed by atoms with Gasteiger partial charge in [0, 0.05) is 18.7 Å². The van der Waals surface area contributed by atoms with Crippen molar-refractivity contribution in [3.8, 4) is 0 Å². The maximum absolute atomic E-state index is 10.8. The van der Waals surface area contributed by atoms with Crippen molar-refractivity contribution in [3.63, 3.8) is 0 Å². The van der Waals surface area contributed by atoms with Crippen LogP contribution in [0.25, 0.3) is 0 Å². The lowest BCUT2D eigenvalue weighted by atomic mass is 10.3. The van der Waals surface area contributed by atoms with Crippen molar-refractivity contribution in [2.45, 2.75) is 12.5 Å². The molecule has 0 aliphatic rings. The van der Waals surface area contributed by atoms with Crippen molar-refractivity contribution in [2.75, 3.05) is 12.3 Å². The smallest absolute Gasteiger partial charge is 0.327 e. The molecule has 0 spiro atoms. The molecule has 6 heteroatoms. The molecular weight excluding hydrogens is 180 g/mol. The fraction of sp³-hybridized carbons (Fsp3) is 0.667. The highest BCUT2D eigenvalue weighted by Gasteiger charge is 2.16. The third kappa shape index (κ3) is 4.20. The highest BCUT2D eigenvalue weighted by molar-refractivity contribution is 7.80. The van der Waals surface area contributed by atoms with Gasteiger partial charge in [0.15, 0.2) is 0 Å². The van der Waals surface area contributed by atoms with Crippen LogP contribution in [-0.4, -0.2) is 35.3 Å². The molecule has 0 aliphatic heterocycles. The first-order valence-electron chi connectivity index (χ1n) is 3.45. The molecule has 0 bridgehead atoms. The number of carboxylic acid groups (broad SMARTS) is 1. The van der Waals surface area contributed by atoms with Crippen LogP contribution in [0, 0.1) is 0 Å². The second kappa shape index (κ2) is 5.84. The number of hydrogen-bond donors (Lipinski definition) is 4. The Morgan fingerprint density at radius 1 is 1.58 bits per heavy atom. The van der Waals surface area contributed by atoms with E-state index in [1.165, 1.54) is 0 Å². The Morgan fingerprint density at radius 2 is 2.17 bits per heavy atom. The van der Waals surface area contributed by atoms with E-state index in [1.54, 1.807) is 0 Å². The zero-order valence-corrected chi connectivity index (χ0v) is 7.38. The number of nitrogens with one attached hydrogen (secondary N) is 1. The molecule has 0 saturated heterocycles. The van der Waals surface area contributed by atoms with Crippen LogP contribution >= 0.6 is 12.6 Å². The van der Waals surface area contributed by atoms with Crippen LogP contribution in [0.15, 0.2) is 0 Å². The number of carbonyl (C=O) groups is 2. The minimum atomic E-state index is -1.09. The van der Waals surface area contributed by atoms with Gasteiger partial charge in [0.2, 0.25) is 5.91 Å². The Bertz CT molecular complexity index is 174. The number of hydrogen-bond acceptors (Lipinski definition) is 4. The summed E-state index contributed by atoms with van der Waals surface area (Å²) in [6.45, 7) is 0.213. The maximum atomic E-state index is 10.8. The number of amides is 1. The van der Waals surface area contributed by atoms with Gasteiger partial charge in [0.1, 0.15) is 6.04 Å². The Labute approximate surface area is 75.7 Å². The predicted octanol–water partition coefficient (Wildman–Crippen LogP) is -1.17. The monoisotopic (exact) mass is 192 g/mol. The first kappa shape index (κ1) is 11.2. The number of aliphatic carboxylic acids is 1. The molecule has 0 aromatic carbocycles. The largest absolute Gasteiger partial charge is 0.480 e. The van der Waals surface area contributed by atoms with Gasteiger partial charge in [-0.2, -0.15) is 12.6 Å². The second-order valence-electron chi connectivity index (χ2n) is 2.18. The summed E-state index contributed by atoms with van der Waals surface area (Å²) in [5, 5.41) is 10.8. The lowest BCUT2D eigenvalue weighted by Gasteiger charge is -2.10. The number of nitrogens with two attached hydrogens (primary N) is 1. The molecule has 12 heavy (non-hydrogen) atoms. The summed E-state index contributed by atoms with van der Waals surface area (Å²) in [7, 11) is 0. The van der Waals surface area contributed by atoms with Crippen LogP contribution in [0.4, 0.5) is 0 Å². The fourth-order valence-corrected chi connectivity index (χ4v) is 0.831. The van der Waals surface area contributed by atoms with E-state index in [2.05, 4.69) is 17.9 Å². The summed E-state index contributed by atoms with van der Waals surface area (Å²) in [5.74, 6) is -1.37. The molecule has 0 aromatic heterocycles. The van der Waals surface area contributed by atoms with E-state index in [-0.39, 0.29) is 24.6 Å². The molecule has 0 saturated carbocycles. The quantitative estimate of drug-likeness (QED) is 0.413. The molecule has 5 nitrogen and oxygen atoms in total. The molecule has 0 fully saturated rings. The Kier molecular flexibility index (Phi) is 5.48. The molecule has 0 aromatic rings. The standard InChI is InChI=1S/C6H12N2O3S/c7-2-1-5(9)8-4(3-12)6(10)11/h4,12H,1-3,7H2,(H,8,9)(H,10,11)/t4-/m0/s1. The van der Waals surface area contributed by atoms with Gasteiger partial charge in [0.05, 0.1) is 0 Å². The fourth-order valence-electron chi connectivity index (χ4n) is 0.583. The molecule has 1 atom stereocenters. The van der Waals surface area contributed by atoms with E-state index in [0.29, 0.717) is 0 Å². The van der Waals surface area contributed by atoms with Crippen molar-refractivity contribution in [3.05, 3.63) is 0 Å². The molecular formula is C6H12N2O3S. The van der Waals surface area contributed by atoms with Crippen molar-refractivity contribution < 1.29 is 14.7 Å². The zero-order chi connectivity index (χ0) is 9.56. The maximum Gasteiger partial charge on any atom is 0.327 e. The van der Waals surface area contributed by atoms with E-state index in [0.717, 1.165) is 0 Å². The minimum absolute atomic E-state index is 0.0750. The van der Waals surface area contributed by atoms with Gasteiger partial charge < -0.3 is 16.2 Å². The molecule has 70 valence electrons. The summed E-state index contributed by atoms with van der Waals surface area (Å²) in [5.41, 5.74) is 5.10. The second-order valence-corrected chi connectivity index (χ2v) is 2.54. The molecule has 0 unspecified atom stereocenters. The Balaban J connectivity index is 3.85. The molecule has 0 aliphatic carbocycles. The molecule has 0 heterocycles. The molecule has 0 radical (unpaired) electrons. The van der Waals surface area contributed by atoms with E-state index in [1.807, 2.05) is 0 Å². The predicted molar refractivity (Wildman–Crippen MR) is 47.1 cm³/mol. The summed E-state index contributed by atoms with van der Waals surface area (Å²) in [4.78, 5) is 21.2. The van der Waals surface area contributed by atoms with Gasteiger partial charge in [-0.05, 0) is 0 Å². The van der Waals surface area contributed by atoms with Crippen molar-refractivity contribution >= 4 is 24.5 Å². The summed E-state index contributed by atoms with van der Waals surface area (Å²) in [6, 6.07) is -0.924. The van der Waals surface area contributed by atoms with Gasteiger partial charge in [-0.3, -0.25) is 4.79 Å². The van der Waals surface area contributed by atoms with Crippen molar-refractivity contribution in [2.24, 2.45) is 5.73 Å². The van der Waals surface area contributed by atoms with Crippen LogP contribution in [0.3, 0.4) is 0 Å². The minimum Gasteiger partial charge on any atom is -0.480 e. The summed E-state index contributed by atoms with van der Waals surface area (Å²) in [6.07, 6.45) is 0.136. The normalized spacial score (nSPS) is 12.2. The van der Waals surface area contributed by atoms with E-state index >= 15 is 0 Å². The summed E-state index contributed by atoms with van der Waals surface area (Å²) >= 11 is 3.77. The van der Waals surface area contributed by atoms with Gasteiger partial charge in [-0.1, -0.05) is 0 Å². The van der Waals surface area contributed by atoms with E-state index in [4.69, 9.17) is 10.8 Å². The molecule has 0 rings (SSSR count). The SMILES string of the molecule is NCCC(=O)N[C@@H](CS)C(=O)O. The topological polar surface area (TPSA) is 92.4 Å². The van der Waals surface area contributed by atoms with E-state index in [9.17, 15) is 9.59 Å². The first-order chi connectivity index (χ1) is 5.61. The third-order valence-corrected chi connectivity index (χ3v) is 1.55. The van der Waals surface area contributed by atoms with Crippen molar-refractivity contribution in [1.82, 2.24) is 5.32 Å². The highest BCUT2D eigenvalue weighted by Crippen LogP contribution is 1.89. The average molecular weight is 192 g/mol. The van der Waals surface area contributed by atoms with Gasteiger partial charge in [-0.25, -0.2) is 4.79 Å². The molecule has 1 amide bonds. The van der Waals surface area contributed by atoms with Gasteiger partial charge in [-0.15, -0.1) is 0 Å². The van der Waals surface area contributed by atoms with Crippen molar-refractivity contribution in [1.29, 1.82) is 0 Å². The van der Waals surface area contributed by atoms with Crippen LogP contribution in [-0.2, 0) is 9.59 Å². The number of thiol groups is 1. The molecule has 4 N–H and O–H groups in total.